The predicted molar refractivity (Wildman–Crippen MR) is 211 cm³/mol. The Labute approximate surface area is 336 Å². The number of urea groups is 1. The molecule has 6 N–H and O–H groups in total. The number of carbonyl (C=O) groups excluding carboxylic acids is 7. The first-order chi connectivity index (χ1) is 27.1. The van der Waals surface area contributed by atoms with Crippen molar-refractivity contribution < 1.29 is 47.8 Å². The van der Waals surface area contributed by atoms with Gasteiger partial charge in [-0.15, -0.1) is 0 Å². The second kappa shape index (κ2) is 18.4. The number of hydrogen-bond donors (Lipinski definition) is 5. The zero-order valence-corrected chi connectivity index (χ0v) is 33.4. The lowest BCUT2D eigenvalue weighted by molar-refractivity contribution is -0.159. The van der Waals surface area contributed by atoms with Crippen LogP contribution >= 0.6 is 0 Å². The van der Waals surface area contributed by atoms with Crippen LogP contribution in [-0.4, -0.2) is 76.4 Å². The highest BCUT2D eigenvalue weighted by Crippen LogP contribution is 2.30. The third kappa shape index (κ3) is 12.6. The second-order valence-electron chi connectivity index (χ2n) is 15.5. The summed E-state index contributed by atoms with van der Waals surface area (Å²) in [6.07, 6.45) is -1.46. The Morgan fingerprint density at radius 2 is 1.41 bits per heavy atom. The Morgan fingerprint density at radius 1 is 0.828 bits per heavy atom. The molecule has 4 rings (SSSR count). The lowest BCUT2D eigenvalue weighted by Crippen LogP contribution is -2.53. The molecule has 3 aromatic rings. The first-order valence-corrected chi connectivity index (χ1v) is 18.3. The van der Waals surface area contributed by atoms with Crippen molar-refractivity contribution in [2.75, 3.05) is 6.54 Å². The van der Waals surface area contributed by atoms with E-state index in [4.69, 9.17) is 19.9 Å². The van der Waals surface area contributed by atoms with Crippen LogP contribution in [0.5, 0.6) is 0 Å². The molecular weight excluding hydrogens is 750 g/mol. The maximum Gasteiger partial charge on any atom is 0.414 e. The number of amides is 6. The molecule has 1 unspecified atom stereocenters. The highest BCUT2D eigenvalue weighted by atomic mass is 16.6. The van der Waals surface area contributed by atoms with Crippen LogP contribution in [0, 0.1) is 0 Å². The van der Waals surface area contributed by atoms with Gasteiger partial charge in [-0.1, -0.05) is 72.8 Å². The Hall–Kier alpha value is -6.78. The normalized spacial score (nSPS) is 16.7. The smallest absolute Gasteiger partial charge is 0.414 e. The van der Waals surface area contributed by atoms with Gasteiger partial charge in [0.25, 0.3) is 5.91 Å². The van der Waals surface area contributed by atoms with Crippen molar-refractivity contribution in [2.45, 2.75) is 90.3 Å². The van der Waals surface area contributed by atoms with E-state index in [1.54, 1.807) is 84.0 Å². The lowest BCUT2D eigenvalue weighted by atomic mass is 9.92. The zero-order valence-electron chi connectivity index (χ0n) is 33.4. The molecule has 17 nitrogen and oxygen atoms in total. The molecule has 1 fully saturated rings. The predicted octanol–water partition coefficient (Wildman–Crippen LogP) is 3.74. The maximum absolute atomic E-state index is 13.8. The number of rotatable bonds is 13. The van der Waals surface area contributed by atoms with E-state index in [1.165, 1.54) is 31.2 Å². The number of nitrogens with one attached hydrogen (secondary N) is 4. The molecule has 3 atom stereocenters. The fourth-order valence-corrected chi connectivity index (χ4v) is 5.61. The Bertz CT molecular complexity index is 2030. The molecule has 58 heavy (non-hydrogen) atoms. The first-order valence-electron chi connectivity index (χ1n) is 18.3. The Balaban J connectivity index is 1.45. The van der Waals surface area contributed by atoms with E-state index in [-0.39, 0.29) is 12.6 Å². The fraction of sp³-hybridized carbons (Fsp3) is 0.366. The van der Waals surface area contributed by atoms with E-state index in [1.807, 2.05) is 18.2 Å². The lowest BCUT2D eigenvalue weighted by Gasteiger charge is -2.27. The molecule has 1 aliphatic heterocycles. The third-order valence-electron chi connectivity index (χ3n) is 8.22. The summed E-state index contributed by atoms with van der Waals surface area (Å²) in [6, 6.07) is 19.5. The summed E-state index contributed by atoms with van der Waals surface area (Å²) in [5.41, 5.74) is 4.21. The number of carbonyl (C=O) groups is 7. The SMILES string of the molecule is CC(C)(C)OC(=O)C[C@H](NC(=O)CN1C(=O)NC(C)(c2ccc(N=C(N)NC(=O)OCc3ccccc3)cc2)C1=O)C(=O)N[C@H](C(=O)OC(C)(C)C)c1ccccc1. The average molecular weight is 800 g/mol. The van der Waals surface area contributed by atoms with Gasteiger partial charge in [0.05, 0.1) is 12.1 Å². The van der Waals surface area contributed by atoms with Crippen molar-refractivity contribution in [3.05, 3.63) is 102 Å². The van der Waals surface area contributed by atoms with Gasteiger partial charge < -0.3 is 35.9 Å². The molecule has 0 aromatic heterocycles. The summed E-state index contributed by atoms with van der Waals surface area (Å²) in [4.78, 5) is 97.2. The van der Waals surface area contributed by atoms with Crippen LogP contribution in [0.3, 0.4) is 0 Å². The quantitative estimate of drug-likeness (QED) is 0.0549. The minimum atomic E-state index is -1.62. The number of hydrogen-bond acceptors (Lipinski definition) is 11. The van der Waals surface area contributed by atoms with Crippen LogP contribution in [0.1, 0.15) is 77.6 Å². The van der Waals surface area contributed by atoms with Crippen molar-refractivity contribution in [3.8, 4) is 0 Å². The van der Waals surface area contributed by atoms with Crippen LogP contribution in [0.4, 0.5) is 15.3 Å². The Kier molecular flexibility index (Phi) is 14.0. The highest BCUT2D eigenvalue weighted by Gasteiger charge is 2.49. The molecule has 0 bridgehead atoms. The summed E-state index contributed by atoms with van der Waals surface area (Å²) in [7, 11) is 0. The van der Waals surface area contributed by atoms with Gasteiger partial charge in [0.2, 0.25) is 17.8 Å². The molecule has 1 saturated heterocycles. The van der Waals surface area contributed by atoms with Crippen molar-refractivity contribution in [3.63, 3.8) is 0 Å². The van der Waals surface area contributed by atoms with Crippen molar-refractivity contribution in [1.29, 1.82) is 0 Å². The van der Waals surface area contributed by atoms with Gasteiger partial charge in [-0.2, -0.15) is 0 Å². The second-order valence-corrected chi connectivity index (χ2v) is 15.5. The number of nitrogens with zero attached hydrogens (tertiary/aromatic N) is 2. The number of imide groups is 1. The van der Waals surface area contributed by atoms with Crippen LogP contribution < -0.4 is 27.0 Å². The molecular formula is C41H49N7O10. The number of alkyl carbamates (subject to hydrolysis) is 1. The van der Waals surface area contributed by atoms with E-state index in [2.05, 4.69) is 26.3 Å². The van der Waals surface area contributed by atoms with Crippen LogP contribution in [0.15, 0.2) is 89.9 Å². The maximum atomic E-state index is 13.8. The van der Waals surface area contributed by atoms with Gasteiger partial charge in [0, 0.05) is 0 Å². The van der Waals surface area contributed by atoms with Gasteiger partial charge in [-0.25, -0.2) is 19.4 Å². The van der Waals surface area contributed by atoms with Crippen molar-refractivity contribution in [1.82, 2.24) is 26.2 Å². The molecule has 17 heteroatoms. The molecule has 0 spiro atoms. The molecule has 308 valence electrons. The summed E-state index contributed by atoms with van der Waals surface area (Å²) in [5, 5.41) is 9.91. The summed E-state index contributed by atoms with van der Waals surface area (Å²) in [5.74, 6) is -4.54. The number of guanidine groups is 1. The summed E-state index contributed by atoms with van der Waals surface area (Å²) >= 11 is 0. The highest BCUT2D eigenvalue weighted by molar-refractivity contribution is 6.09. The molecule has 1 heterocycles. The number of benzene rings is 3. The largest absolute Gasteiger partial charge is 0.460 e. The van der Waals surface area contributed by atoms with E-state index < -0.39 is 83.6 Å². The summed E-state index contributed by atoms with van der Waals surface area (Å²) < 4.78 is 16.1. The van der Waals surface area contributed by atoms with Crippen molar-refractivity contribution in [2.24, 2.45) is 10.7 Å². The van der Waals surface area contributed by atoms with Gasteiger partial charge >= 0.3 is 24.1 Å². The topological polar surface area (TPSA) is 237 Å². The molecule has 0 saturated carbocycles. The standard InChI is InChI=1S/C41H49N7O10/c1-39(2,3)57-31(50)22-29(33(51)45-32(26-16-12-9-13-17-26)34(52)58-40(4,5)6)44-30(49)23-48-35(53)41(7,47-37(48)54)27-18-20-28(21-19-27)43-36(42)46-38(55)56-24-25-14-10-8-11-15-25/h8-21,29,32H,22-24H2,1-7H3,(H,44,49)(H,45,51)(H,47,54)(H3,42,43,46,55)/t29-,32-,41?/m0/s1. The van der Waals surface area contributed by atoms with Crippen LogP contribution in [0.2, 0.25) is 0 Å². The third-order valence-corrected chi connectivity index (χ3v) is 8.22. The van der Waals surface area contributed by atoms with Gasteiger partial charge in [-0.3, -0.25) is 29.4 Å². The Morgan fingerprint density at radius 3 is 2.00 bits per heavy atom. The average Bonchev–Trinajstić information content (AvgIpc) is 3.35. The molecule has 0 aliphatic carbocycles. The van der Waals surface area contributed by atoms with Crippen LogP contribution in [0.25, 0.3) is 0 Å². The summed E-state index contributed by atoms with van der Waals surface area (Å²) in [6.45, 7) is 10.5. The first kappa shape index (κ1) is 43.9. The number of ether oxygens (including phenoxy) is 3. The minimum absolute atomic E-state index is 0.0265. The van der Waals surface area contributed by atoms with E-state index >= 15 is 0 Å². The minimum Gasteiger partial charge on any atom is -0.460 e. The molecule has 6 amide bonds. The number of esters is 2. The molecule has 1 aliphatic rings. The van der Waals surface area contributed by atoms with Gasteiger partial charge in [-0.05, 0) is 77.3 Å². The fourth-order valence-electron chi connectivity index (χ4n) is 5.61. The van der Waals surface area contributed by atoms with E-state index in [0.717, 1.165) is 5.56 Å². The van der Waals surface area contributed by atoms with Crippen molar-refractivity contribution >= 4 is 53.4 Å². The molecule has 3 aromatic carbocycles. The number of aliphatic imine (C=N–C) groups is 1. The number of nitrogens with two attached hydrogens (primary N) is 1. The van der Waals surface area contributed by atoms with Gasteiger partial charge in [0.15, 0.2) is 6.04 Å². The van der Waals surface area contributed by atoms with E-state index in [0.29, 0.717) is 21.7 Å². The monoisotopic (exact) mass is 799 g/mol. The molecule has 0 radical (unpaired) electrons. The van der Waals surface area contributed by atoms with E-state index in [9.17, 15) is 33.6 Å². The van der Waals surface area contributed by atoms with Crippen LogP contribution in [-0.2, 0) is 50.3 Å². The zero-order chi connectivity index (χ0) is 42.8. The van der Waals surface area contributed by atoms with Gasteiger partial charge in [0.1, 0.15) is 35.9 Å².